The second-order valence-electron chi connectivity index (χ2n) is 5.97. The van der Waals surface area contributed by atoms with Crippen LogP contribution in [0, 0.1) is 0 Å². The fraction of sp³-hybridized carbons (Fsp3) is 0.368. The number of hydrogen-bond acceptors (Lipinski definition) is 3. The van der Waals surface area contributed by atoms with Crippen LogP contribution in [0.4, 0.5) is 0 Å². The van der Waals surface area contributed by atoms with Gasteiger partial charge in [-0.1, -0.05) is 48.5 Å². The Morgan fingerprint density at radius 2 is 1.70 bits per heavy atom. The highest BCUT2D eigenvalue weighted by Crippen LogP contribution is 2.25. The molecule has 1 aliphatic rings. The van der Waals surface area contributed by atoms with Gasteiger partial charge < -0.3 is 4.74 Å². The molecule has 0 bridgehead atoms. The summed E-state index contributed by atoms with van der Waals surface area (Å²) in [6.07, 6.45) is 0.296. The van der Waals surface area contributed by atoms with Crippen LogP contribution < -0.4 is 0 Å². The van der Waals surface area contributed by atoms with Gasteiger partial charge in [-0.05, 0) is 24.6 Å². The first-order chi connectivity index (χ1) is 11.2. The Bertz CT molecular complexity index is 632. The second kappa shape index (κ2) is 7.86. The first-order valence-corrected chi connectivity index (χ1v) is 9.40. The summed E-state index contributed by atoms with van der Waals surface area (Å²) in [6.45, 7) is 4.70. The smallest absolute Gasteiger partial charge is 0.0956 e. The zero-order valence-corrected chi connectivity index (χ0v) is 14.2. The maximum atomic E-state index is 12.4. The van der Waals surface area contributed by atoms with E-state index in [1.807, 2.05) is 48.5 Å². The molecule has 3 nitrogen and oxygen atoms in total. The molecule has 0 aliphatic carbocycles. The third-order valence-corrected chi connectivity index (χ3v) is 5.46. The molecule has 3 atom stereocenters. The number of rotatable bonds is 5. The van der Waals surface area contributed by atoms with Crippen molar-refractivity contribution in [2.45, 2.75) is 24.0 Å². The SMILES string of the molecule is CC1CN(CCS(=O)c2ccccc2)CC(c2ccccc2)O1. The van der Waals surface area contributed by atoms with Crippen molar-refractivity contribution in [1.82, 2.24) is 4.90 Å². The molecule has 0 saturated carbocycles. The zero-order valence-electron chi connectivity index (χ0n) is 13.4. The predicted octanol–water partition coefficient (Wildman–Crippen LogP) is 3.26. The Morgan fingerprint density at radius 1 is 1.04 bits per heavy atom. The molecular formula is C19H23NO2S. The number of nitrogens with zero attached hydrogens (tertiary/aromatic N) is 1. The highest BCUT2D eigenvalue weighted by molar-refractivity contribution is 7.85. The van der Waals surface area contributed by atoms with Gasteiger partial charge in [0.2, 0.25) is 0 Å². The van der Waals surface area contributed by atoms with E-state index in [4.69, 9.17) is 4.74 Å². The van der Waals surface area contributed by atoms with E-state index in [1.165, 1.54) is 5.56 Å². The van der Waals surface area contributed by atoms with Crippen LogP contribution in [-0.2, 0) is 15.5 Å². The topological polar surface area (TPSA) is 29.5 Å². The van der Waals surface area contributed by atoms with Crippen molar-refractivity contribution in [3.05, 3.63) is 66.2 Å². The van der Waals surface area contributed by atoms with Crippen molar-refractivity contribution in [1.29, 1.82) is 0 Å². The largest absolute Gasteiger partial charge is 0.368 e. The fourth-order valence-corrected chi connectivity index (χ4v) is 4.10. The average molecular weight is 329 g/mol. The van der Waals surface area contributed by atoms with E-state index in [9.17, 15) is 4.21 Å². The second-order valence-corrected chi connectivity index (χ2v) is 7.54. The van der Waals surface area contributed by atoms with E-state index in [2.05, 4.69) is 24.0 Å². The van der Waals surface area contributed by atoms with Crippen molar-refractivity contribution >= 4 is 10.8 Å². The summed E-state index contributed by atoms with van der Waals surface area (Å²) in [5.41, 5.74) is 1.22. The molecular weight excluding hydrogens is 306 g/mol. The minimum atomic E-state index is -0.935. The maximum Gasteiger partial charge on any atom is 0.0956 e. The molecule has 1 saturated heterocycles. The van der Waals surface area contributed by atoms with Crippen molar-refractivity contribution < 1.29 is 8.95 Å². The molecule has 4 heteroatoms. The maximum absolute atomic E-state index is 12.4. The molecule has 1 fully saturated rings. The van der Waals surface area contributed by atoms with Gasteiger partial charge in [0, 0.05) is 30.3 Å². The van der Waals surface area contributed by atoms with Crippen LogP contribution in [0.25, 0.3) is 0 Å². The summed E-state index contributed by atoms with van der Waals surface area (Å²) < 4.78 is 18.5. The molecule has 1 heterocycles. The van der Waals surface area contributed by atoms with Crippen LogP contribution in [-0.4, -0.2) is 40.6 Å². The average Bonchev–Trinajstić information content (AvgIpc) is 2.61. The monoisotopic (exact) mass is 329 g/mol. The van der Waals surface area contributed by atoms with Crippen molar-refractivity contribution in [2.75, 3.05) is 25.4 Å². The van der Waals surface area contributed by atoms with E-state index in [0.717, 1.165) is 24.5 Å². The van der Waals surface area contributed by atoms with Gasteiger partial charge in [-0.3, -0.25) is 9.11 Å². The van der Waals surface area contributed by atoms with Gasteiger partial charge in [0.15, 0.2) is 0 Å². The Morgan fingerprint density at radius 3 is 2.39 bits per heavy atom. The summed E-state index contributed by atoms with van der Waals surface area (Å²) in [7, 11) is -0.935. The van der Waals surface area contributed by atoms with Gasteiger partial charge in [0.1, 0.15) is 0 Å². The van der Waals surface area contributed by atoms with Gasteiger partial charge in [-0.25, -0.2) is 0 Å². The van der Waals surface area contributed by atoms with E-state index in [0.29, 0.717) is 5.75 Å². The Labute approximate surface area is 140 Å². The molecule has 2 aromatic carbocycles. The van der Waals surface area contributed by atoms with Gasteiger partial charge in [0.05, 0.1) is 23.0 Å². The molecule has 1 aliphatic heterocycles. The summed E-state index contributed by atoms with van der Waals surface area (Å²) in [6, 6.07) is 20.1. The lowest BCUT2D eigenvalue weighted by Gasteiger charge is -2.37. The molecule has 122 valence electrons. The van der Waals surface area contributed by atoms with Crippen molar-refractivity contribution in [2.24, 2.45) is 0 Å². The van der Waals surface area contributed by atoms with Crippen LogP contribution in [0.5, 0.6) is 0 Å². The lowest BCUT2D eigenvalue weighted by atomic mass is 10.1. The first-order valence-electron chi connectivity index (χ1n) is 8.08. The van der Waals surface area contributed by atoms with Crippen LogP contribution in [0.3, 0.4) is 0 Å². The third kappa shape index (κ3) is 4.50. The quantitative estimate of drug-likeness (QED) is 0.843. The Kier molecular flexibility index (Phi) is 5.60. The van der Waals surface area contributed by atoms with Gasteiger partial charge >= 0.3 is 0 Å². The Hall–Kier alpha value is -1.49. The van der Waals surface area contributed by atoms with Gasteiger partial charge in [0.25, 0.3) is 0 Å². The summed E-state index contributed by atoms with van der Waals surface area (Å²) in [5.74, 6) is 0.665. The van der Waals surface area contributed by atoms with Crippen molar-refractivity contribution in [3.63, 3.8) is 0 Å². The highest BCUT2D eigenvalue weighted by Gasteiger charge is 2.26. The van der Waals surface area contributed by atoms with Gasteiger partial charge in [-0.2, -0.15) is 0 Å². The summed E-state index contributed by atoms with van der Waals surface area (Å²) >= 11 is 0. The summed E-state index contributed by atoms with van der Waals surface area (Å²) in [4.78, 5) is 3.28. The number of hydrogen-bond donors (Lipinski definition) is 0. The van der Waals surface area contributed by atoms with Crippen molar-refractivity contribution in [3.8, 4) is 0 Å². The molecule has 2 aromatic rings. The molecule has 0 N–H and O–H groups in total. The summed E-state index contributed by atoms with van der Waals surface area (Å²) in [5, 5.41) is 0. The molecule has 3 unspecified atom stereocenters. The van der Waals surface area contributed by atoms with Crippen LogP contribution >= 0.6 is 0 Å². The van der Waals surface area contributed by atoms with Crippen LogP contribution in [0.15, 0.2) is 65.6 Å². The van der Waals surface area contributed by atoms with E-state index in [-0.39, 0.29) is 12.2 Å². The van der Waals surface area contributed by atoms with Crippen LogP contribution in [0.2, 0.25) is 0 Å². The minimum absolute atomic E-state index is 0.102. The minimum Gasteiger partial charge on any atom is -0.368 e. The van der Waals surface area contributed by atoms with Crippen LogP contribution in [0.1, 0.15) is 18.6 Å². The molecule has 23 heavy (non-hydrogen) atoms. The van der Waals surface area contributed by atoms with Gasteiger partial charge in [-0.15, -0.1) is 0 Å². The number of benzene rings is 2. The standard InChI is InChI=1S/C19H23NO2S/c1-16-14-20(12-13-23(21)18-10-6-3-7-11-18)15-19(22-16)17-8-4-2-5-9-17/h2-11,16,19H,12-15H2,1H3. The first kappa shape index (κ1) is 16.4. The zero-order chi connectivity index (χ0) is 16.1. The molecule has 0 aromatic heterocycles. The molecule has 0 radical (unpaired) electrons. The lowest BCUT2D eigenvalue weighted by molar-refractivity contribution is -0.0772. The lowest BCUT2D eigenvalue weighted by Crippen LogP contribution is -2.44. The fourth-order valence-electron chi connectivity index (χ4n) is 2.98. The highest BCUT2D eigenvalue weighted by atomic mass is 32.2. The number of ether oxygens (including phenoxy) is 1. The molecule has 3 rings (SSSR count). The van der Waals surface area contributed by atoms with E-state index >= 15 is 0 Å². The van der Waals surface area contributed by atoms with E-state index < -0.39 is 10.8 Å². The predicted molar refractivity (Wildman–Crippen MR) is 93.9 cm³/mol. The van der Waals surface area contributed by atoms with E-state index in [1.54, 1.807) is 0 Å². The molecule has 0 amide bonds. The number of morpholine rings is 1. The molecule has 0 spiro atoms. The third-order valence-electron chi connectivity index (χ3n) is 4.11. The Balaban J connectivity index is 1.58. The normalized spacial score (nSPS) is 23.5.